The fourth-order valence-corrected chi connectivity index (χ4v) is 3.85. The number of benzene rings is 1. The smallest absolute Gasteiger partial charge is 0.251 e. The van der Waals surface area contributed by atoms with Gasteiger partial charge in [-0.2, -0.15) is 5.10 Å². The Morgan fingerprint density at radius 3 is 2.90 bits per heavy atom. The molecule has 0 fully saturated rings. The zero-order valence-electron chi connectivity index (χ0n) is 17.8. The third kappa shape index (κ3) is 4.84. The number of nitrogens with zero attached hydrogens (tertiary/aromatic N) is 4. The maximum atomic E-state index is 12.5. The standard InChI is InChI=1S/C21H26N6O3S/c1-4-9-31-21-25-18(24-13(2)3)15-11-23-27(19(15)26-21)8-7-22-20(28)14-5-6-16-17(10-14)30-12-29-16/h5-6,10-11,13H,4,7-9,12H2,1-3H3,(H,22,28)(H,24,25,26). The molecule has 1 aliphatic heterocycles. The number of carbonyl (C=O) groups is 1. The van der Waals surface area contributed by atoms with E-state index >= 15 is 0 Å². The lowest BCUT2D eigenvalue weighted by Crippen LogP contribution is -2.27. The summed E-state index contributed by atoms with van der Waals surface area (Å²) in [5.74, 6) is 2.80. The van der Waals surface area contributed by atoms with Crippen LogP contribution in [0.5, 0.6) is 11.5 Å². The Hall–Kier alpha value is -3.01. The number of anilines is 1. The Kier molecular flexibility index (Phi) is 6.45. The van der Waals surface area contributed by atoms with Gasteiger partial charge in [0.15, 0.2) is 22.3 Å². The van der Waals surface area contributed by atoms with Gasteiger partial charge < -0.3 is 20.1 Å². The zero-order valence-corrected chi connectivity index (χ0v) is 18.7. The summed E-state index contributed by atoms with van der Waals surface area (Å²) < 4.78 is 12.4. The highest BCUT2D eigenvalue weighted by atomic mass is 32.2. The van der Waals surface area contributed by atoms with E-state index < -0.39 is 0 Å². The molecule has 31 heavy (non-hydrogen) atoms. The first-order valence-electron chi connectivity index (χ1n) is 10.4. The van der Waals surface area contributed by atoms with Crippen LogP contribution in [-0.4, -0.2) is 50.8 Å². The molecule has 0 aliphatic carbocycles. The van der Waals surface area contributed by atoms with E-state index in [1.54, 1.807) is 40.8 Å². The van der Waals surface area contributed by atoms with Crippen molar-refractivity contribution in [3.8, 4) is 11.5 Å². The minimum atomic E-state index is -0.175. The number of nitrogens with one attached hydrogen (secondary N) is 2. The Balaban J connectivity index is 1.47. The first-order valence-corrected chi connectivity index (χ1v) is 11.3. The van der Waals surface area contributed by atoms with Gasteiger partial charge >= 0.3 is 0 Å². The Morgan fingerprint density at radius 2 is 2.10 bits per heavy atom. The SMILES string of the molecule is CCCSc1nc(NC(C)C)c2cnn(CCNC(=O)c3ccc4c(c3)OCO4)c2n1. The number of carbonyl (C=O) groups excluding carboxylic acids is 1. The third-order valence-electron chi connectivity index (χ3n) is 4.58. The van der Waals surface area contributed by atoms with Gasteiger partial charge in [0.05, 0.1) is 18.1 Å². The number of hydrogen-bond acceptors (Lipinski definition) is 8. The fraction of sp³-hybridized carbons (Fsp3) is 0.429. The summed E-state index contributed by atoms with van der Waals surface area (Å²) in [5.41, 5.74) is 1.28. The number of rotatable bonds is 9. The monoisotopic (exact) mass is 442 g/mol. The van der Waals surface area contributed by atoms with Crippen LogP contribution in [0.1, 0.15) is 37.6 Å². The van der Waals surface area contributed by atoms with E-state index in [1.165, 1.54) is 0 Å². The van der Waals surface area contributed by atoms with Crippen molar-refractivity contribution in [3.63, 3.8) is 0 Å². The van der Waals surface area contributed by atoms with E-state index in [0.717, 1.165) is 34.2 Å². The first-order chi connectivity index (χ1) is 15.0. The van der Waals surface area contributed by atoms with Crippen LogP contribution in [-0.2, 0) is 6.54 Å². The van der Waals surface area contributed by atoms with Gasteiger partial charge in [-0.05, 0) is 38.5 Å². The molecule has 2 N–H and O–H groups in total. The summed E-state index contributed by atoms with van der Waals surface area (Å²) in [6.07, 6.45) is 2.82. The van der Waals surface area contributed by atoms with Crippen molar-refractivity contribution in [1.82, 2.24) is 25.1 Å². The second kappa shape index (κ2) is 9.42. The molecule has 1 amide bonds. The minimum absolute atomic E-state index is 0.175. The summed E-state index contributed by atoms with van der Waals surface area (Å²) in [6.45, 7) is 7.37. The average molecular weight is 443 g/mol. The molecule has 2 aromatic heterocycles. The molecular formula is C21H26N6O3S. The van der Waals surface area contributed by atoms with E-state index in [4.69, 9.17) is 14.5 Å². The molecule has 4 rings (SSSR count). The van der Waals surface area contributed by atoms with Crippen molar-refractivity contribution in [2.45, 2.75) is 44.9 Å². The zero-order chi connectivity index (χ0) is 21.8. The lowest BCUT2D eigenvalue weighted by Gasteiger charge is -2.12. The van der Waals surface area contributed by atoms with E-state index in [-0.39, 0.29) is 18.7 Å². The number of thioether (sulfide) groups is 1. The average Bonchev–Trinajstić information content (AvgIpc) is 3.38. The van der Waals surface area contributed by atoms with Crippen LogP contribution in [0, 0.1) is 0 Å². The molecule has 0 saturated carbocycles. The van der Waals surface area contributed by atoms with E-state index in [2.05, 4.69) is 41.5 Å². The van der Waals surface area contributed by atoms with Crippen LogP contribution < -0.4 is 20.1 Å². The van der Waals surface area contributed by atoms with E-state index in [9.17, 15) is 4.79 Å². The van der Waals surface area contributed by atoms with Crippen molar-refractivity contribution in [2.75, 3.05) is 24.4 Å². The van der Waals surface area contributed by atoms with Crippen molar-refractivity contribution in [2.24, 2.45) is 0 Å². The highest BCUT2D eigenvalue weighted by molar-refractivity contribution is 7.99. The van der Waals surface area contributed by atoms with Gasteiger partial charge in [0.25, 0.3) is 5.91 Å². The van der Waals surface area contributed by atoms with Gasteiger partial charge in [-0.15, -0.1) is 0 Å². The number of ether oxygens (including phenoxy) is 2. The summed E-state index contributed by atoms with van der Waals surface area (Å²) in [7, 11) is 0. The van der Waals surface area contributed by atoms with Gasteiger partial charge in [-0.1, -0.05) is 18.7 Å². The molecule has 0 unspecified atom stereocenters. The van der Waals surface area contributed by atoms with Crippen molar-refractivity contribution < 1.29 is 14.3 Å². The van der Waals surface area contributed by atoms with E-state index in [0.29, 0.717) is 30.2 Å². The van der Waals surface area contributed by atoms with Crippen LogP contribution in [0.4, 0.5) is 5.82 Å². The Labute approximate surface area is 184 Å². The van der Waals surface area contributed by atoms with Crippen LogP contribution in [0.3, 0.4) is 0 Å². The summed E-state index contributed by atoms with van der Waals surface area (Å²) in [5, 5.41) is 12.4. The van der Waals surface area contributed by atoms with Crippen molar-refractivity contribution in [3.05, 3.63) is 30.0 Å². The summed E-state index contributed by atoms with van der Waals surface area (Å²) >= 11 is 1.63. The van der Waals surface area contributed by atoms with Crippen LogP contribution >= 0.6 is 11.8 Å². The highest BCUT2D eigenvalue weighted by Gasteiger charge is 2.17. The van der Waals surface area contributed by atoms with Gasteiger partial charge in [0, 0.05) is 23.9 Å². The second-order valence-electron chi connectivity index (χ2n) is 7.43. The molecular weight excluding hydrogens is 416 g/mol. The van der Waals surface area contributed by atoms with Gasteiger partial charge in [0.2, 0.25) is 6.79 Å². The molecule has 1 aromatic carbocycles. The predicted octanol–water partition coefficient (Wildman–Crippen LogP) is 3.31. The Bertz CT molecular complexity index is 1080. The lowest BCUT2D eigenvalue weighted by atomic mass is 10.2. The van der Waals surface area contributed by atoms with Crippen molar-refractivity contribution >= 4 is 34.5 Å². The topological polar surface area (TPSA) is 103 Å². The number of aromatic nitrogens is 4. The highest BCUT2D eigenvalue weighted by Crippen LogP contribution is 2.32. The molecule has 0 saturated heterocycles. The molecule has 0 spiro atoms. The predicted molar refractivity (Wildman–Crippen MR) is 120 cm³/mol. The van der Waals surface area contributed by atoms with Crippen molar-refractivity contribution in [1.29, 1.82) is 0 Å². The molecule has 10 heteroatoms. The Morgan fingerprint density at radius 1 is 1.26 bits per heavy atom. The molecule has 1 aliphatic rings. The maximum absolute atomic E-state index is 12.5. The second-order valence-corrected chi connectivity index (χ2v) is 8.49. The van der Waals surface area contributed by atoms with E-state index in [1.807, 2.05) is 0 Å². The summed E-state index contributed by atoms with van der Waals surface area (Å²) in [6, 6.07) is 5.40. The molecule has 0 bridgehead atoms. The largest absolute Gasteiger partial charge is 0.454 e. The lowest BCUT2D eigenvalue weighted by molar-refractivity contribution is 0.0951. The number of hydrogen-bond donors (Lipinski definition) is 2. The van der Waals surface area contributed by atoms with Crippen LogP contribution in [0.25, 0.3) is 11.0 Å². The normalized spacial score (nSPS) is 12.5. The third-order valence-corrected chi connectivity index (χ3v) is 5.63. The molecule has 3 heterocycles. The number of fused-ring (bicyclic) bond motifs is 2. The molecule has 0 atom stereocenters. The first kappa shape index (κ1) is 21.2. The molecule has 3 aromatic rings. The molecule has 0 radical (unpaired) electrons. The fourth-order valence-electron chi connectivity index (χ4n) is 3.16. The quantitative estimate of drug-likeness (QED) is 0.384. The van der Waals surface area contributed by atoms with Crippen LogP contribution in [0.15, 0.2) is 29.6 Å². The van der Waals surface area contributed by atoms with Gasteiger partial charge in [-0.3, -0.25) is 4.79 Å². The minimum Gasteiger partial charge on any atom is -0.454 e. The van der Waals surface area contributed by atoms with Crippen LogP contribution in [0.2, 0.25) is 0 Å². The molecule has 9 nitrogen and oxygen atoms in total. The van der Waals surface area contributed by atoms with Gasteiger partial charge in [0.1, 0.15) is 5.82 Å². The number of amides is 1. The molecule has 164 valence electrons. The summed E-state index contributed by atoms with van der Waals surface area (Å²) in [4.78, 5) is 21.9. The van der Waals surface area contributed by atoms with Gasteiger partial charge in [-0.25, -0.2) is 14.6 Å². The maximum Gasteiger partial charge on any atom is 0.251 e.